The van der Waals surface area contributed by atoms with E-state index in [0.717, 1.165) is 30.7 Å². The molecule has 0 bridgehead atoms. The van der Waals surface area contributed by atoms with Gasteiger partial charge in [-0.25, -0.2) is 0 Å². The predicted molar refractivity (Wildman–Crippen MR) is 68.4 cm³/mol. The van der Waals surface area contributed by atoms with Crippen LogP contribution < -0.4 is 5.32 Å². The molecular formula is C13H22N4. The minimum Gasteiger partial charge on any atom is -0.320 e. The Kier molecular flexibility index (Phi) is 3.94. The molecule has 1 aliphatic carbocycles. The molecule has 0 aromatic carbocycles. The number of hydrogen-bond donors (Lipinski definition) is 1. The summed E-state index contributed by atoms with van der Waals surface area (Å²) < 4.78 is 1.96. The topological polar surface area (TPSA) is 42.7 Å². The Hall–Kier alpha value is -1.16. The quantitative estimate of drug-likeness (QED) is 0.809. The Morgan fingerprint density at radius 3 is 3.00 bits per heavy atom. The maximum atomic E-state index is 4.07. The monoisotopic (exact) mass is 234 g/mol. The molecule has 2 unspecified atom stereocenters. The summed E-state index contributed by atoms with van der Waals surface area (Å²) in [4.78, 5) is 0. The van der Waals surface area contributed by atoms with Crippen LogP contribution in [0.25, 0.3) is 0 Å². The number of aryl methyl sites for hydroxylation is 1. The molecule has 17 heavy (non-hydrogen) atoms. The fourth-order valence-electron chi connectivity index (χ4n) is 2.70. The zero-order valence-corrected chi connectivity index (χ0v) is 11.0. The first kappa shape index (κ1) is 12.3. The average Bonchev–Trinajstić information content (AvgIpc) is 2.63. The molecule has 2 atom stereocenters. The van der Waals surface area contributed by atoms with E-state index in [-0.39, 0.29) is 0 Å². The van der Waals surface area contributed by atoms with Crippen molar-refractivity contribution in [2.75, 3.05) is 6.54 Å². The first-order chi connectivity index (χ1) is 8.15. The molecule has 0 spiro atoms. The number of rotatable bonds is 4. The van der Waals surface area contributed by atoms with Gasteiger partial charge in [0, 0.05) is 7.05 Å². The van der Waals surface area contributed by atoms with Gasteiger partial charge in [-0.2, -0.15) is 0 Å². The van der Waals surface area contributed by atoms with E-state index in [9.17, 15) is 0 Å². The Morgan fingerprint density at radius 1 is 1.53 bits per heavy atom. The molecule has 1 heterocycles. The van der Waals surface area contributed by atoms with Gasteiger partial charge in [-0.3, -0.25) is 0 Å². The molecule has 0 saturated carbocycles. The van der Waals surface area contributed by atoms with Gasteiger partial charge >= 0.3 is 0 Å². The van der Waals surface area contributed by atoms with Crippen molar-refractivity contribution in [3.63, 3.8) is 0 Å². The Labute approximate surface area is 103 Å². The van der Waals surface area contributed by atoms with Crippen molar-refractivity contribution in [3.8, 4) is 0 Å². The van der Waals surface area contributed by atoms with Gasteiger partial charge in [0.15, 0.2) is 0 Å². The van der Waals surface area contributed by atoms with E-state index >= 15 is 0 Å². The summed E-state index contributed by atoms with van der Waals surface area (Å²) in [7, 11) is 1.98. The molecule has 0 saturated heterocycles. The van der Waals surface area contributed by atoms with Crippen molar-refractivity contribution in [2.45, 2.75) is 33.2 Å². The predicted octanol–water partition coefficient (Wildman–Crippen LogP) is 1.90. The minimum atomic E-state index is 0.727. The van der Waals surface area contributed by atoms with Crippen LogP contribution in [-0.2, 0) is 13.6 Å². The minimum absolute atomic E-state index is 0.727. The van der Waals surface area contributed by atoms with Crippen LogP contribution in [0.1, 0.15) is 32.5 Å². The fourth-order valence-corrected chi connectivity index (χ4v) is 2.70. The molecule has 1 N–H and O–H groups in total. The van der Waals surface area contributed by atoms with Gasteiger partial charge in [0.1, 0.15) is 12.2 Å². The van der Waals surface area contributed by atoms with Crippen molar-refractivity contribution < 1.29 is 0 Å². The lowest BCUT2D eigenvalue weighted by atomic mass is 9.84. The van der Waals surface area contributed by atoms with Crippen LogP contribution in [0.4, 0.5) is 0 Å². The van der Waals surface area contributed by atoms with E-state index in [1.807, 2.05) is 11.6 Å². The second-order valence-electron chi connectivity index (χ2n) is 5.29. The smallest absolute Gasteiger partial charge is 0.146 e. The molecule has 0 amide bonds. The second-order valence-corrected chi connectivity index (χ2v) is 5.29. The summed E-state index contributed by atoms with van der Waals surface area (Å²) in [6, 6.07) is 0. The lowest BCUT2D eigenvalue weighted by molar-refractivity contribution is 0.378. The van der Waals surface area contributed by atoms with Crippen LogP contribution in [0.2, 0.25) is 0 Å². The summed E-state index contributed by atoms with van der Waals surface area (Å²) in [6.45, 7) is 6.43. The first-order valence-electron chi connectivity index (χ1n) is 6.36. The third-order valence-corrected chi connectivity index (χ3v) is 3.41. The first-order valence-corrected chi connectivity index (χ1v) is 6.36. The molecule has 4 nitrogen and oxygen atoms in total. The normalized spacial score (nSPS) is 24.8. The Balaban J connectivity index is 1.76. The molecule has 2 rings (SSSR count). The highest BCUT2D eigenvalue weighted by molar-refractivity contribution is 5.06. The van der Waals surface area contributed by atoms with Crippen LogP contribution in [0.15, 0.2) is 18.0 Å². The number of allylic oxidation sites excluding steroid dienone is 2. The van der Waals surface area contributed by atoms with Gasteiger partial charge in [-0.15, -0.1) is 10.2 Å². The van der Waals surface area contributed by atoms with Gasteiger partial charge in [0.25, 0.3) is 0 Å². The number of hydrogen-bond acceptors (Lipinski definition) is 3. The van der Waals surface area contributed by atoms with E-state index in [2.05, 4.69) is 35.4 Å². The summed E-state index contributed by atoms with van der Waals surface area (Å²) in [6.07, 6.45) is 6.67. The average molecular weight is 234 g/mol. The van der Waals surface area contributed by atoms with Crippen LogP contribution in [0.3, 0.4) is 0 Å². The molecule has 94 valence electrons. The van der Waals surface area contributed by atoms with Crippen molar-refractivity contribution >= 4 is 0 Å². The van der Waals surface area contributed by atoms with Crippen LogP contribution in [0, 0.1) is 11.8 Å². The summed E-state index contributed by atoms with van der Waals surface area (Å²) in [5, 5.41) is 11.4. The highest BCUT2D eigenvalue weighted by Crippen LogP contribution is 2.27. The van der Waals surface area contributed by atoms with Crippen LogP contribution in [0.5, 0.6) is 0 Å². The molecule has 1 aromatic rings. The SMILES string of the molecule is CC1=CC(C)CC(CNCc2nncn2C)C1. The molecule has 0 aliphatic heterocycles. The number of nitrogens with zero attached hydrogens (tertiary/aromatic N) is 3. The lowest BCUT2D eigenvalue weighted by Crippen LogP contribution is -2.26. The van der Waals surface area contributed by atoms with E-state index in [4.69, 9.17) is 0 Å². The highest BCUT2D eigenvalue weighted by Gasteiger charge is 2.17. The summed E-state index contributed by atoms with van der Waals surface area (Å²) in [5.74, 6) is 2.50. The Bertz CT molecular complexity index is 394. The van der Waals surface area contributed by atoms with Crippen molar-refractivity contribution in [1.29, 1.82) is 0 Å². The summed E-state index contributed by atoms with van der Waals surface area (Å²) >= 11 is 0. The lowest BCUT2D eigenvalue weighted by Gasteiger charge is -2.25. The number of aromatic nitrogens is 3. The van der Waals surface area contributed by atoms with Crippen molar-refractivity contribution in [2.24, 2.45) is 18.9 Å². The standard InChI is InChI=1S/C13H22N4/c1-10-4-11(2)6-12(5-10)7-14-8-13-16-15-9-17(13)3/h4,9-10,12,14H,5-8H2,1-3H3. The van der Waals surface area contributed by atoms with E-state index in [1.165, 1.54) is 18.4 Å². The highest BCUT2D eigenvalue weighted by atomic mass is 15.3. The van der Waals surface area contributed by atoms with Gasteiger partial charge in [0.05, 0.1) is 6.54 Å². The van der Waals surface area contributed by atoms with E-state index in [0.29, 0.717) is 0 Å². The molecule has 4 heteroatoms. The van der Waals surface area contributed by atoms with Crippen LogP contribution >= 0.6 is 0 Å². The second kappa shape index (κ2) is 5.45. The third-order valence-electron chi connectivity index (χ3n) is 3.41. The maximum absolute atomic E-state index is 4.07. The third kappa shape index (κ3) is 3.40. The van der Waals surface area contributed by atoms with Gasteiger partial charge in [-0.05, 0) is 38.1 Å². The zero-order valence-electron chi connectivity index (χ0n) is 11.0. The zero-order chi connectivity index (χ0) is 12.3. The Morgan fingerprint density at radius 2 is 2.35 bits per heavy atom. The van der Waals surface area contributed by atoms with Crippen molar-refractivity contribution in [1.82, 2.24) is 20.1 Å². The molecule has 1 aliphatic rings. The van der Waals surface area contributed by atoms with E-state index in [1.54, 1.807) is 6.33 Å². The van der Waals surface area contributed by atoms with E-state index < -0.39 is 0 Å². The molecule has 1 aromatic heterocycles. The van der Waals surface area contributed by atoms with Gasteiger partial charge < -0.3 is 9.88 Å². The summed E-state index contributed by atoms with van der Waals surface area (Å²) in [5.41, 5.74) is 1.54. The van der Waals surface area contributed by atoms with Crippen molar-refractivity contribution in [3.05, 3.63) is 23.8 Å². The fraction of sp³-hybridized carbons (Fsp3) is 0.692. The molecular weight excluding hydrogens is 212 g/mol. The van der Waals surface area contributed by atoms with Crippen LogP contribution in [-0.4, -0.2) is 21.3 Å². The van der Waals surface area contributed by atoms with Gasteiger partial charge in [-0.1, -0.05) is 18.6 Å². The van der Waals surface area contributed by atoms with Gasteiger partial charge in [0.2, 0.25) is 0 Å². The molecule has 0 radical (unpaired) electrons. The number of nitrogens with one attached hydrogen (secondary N) is 1. The largest absolute Gasteiger partial charge is 0.320 e. The molecule has 0 fully saturated rings. The maximum Gasteiger partial charge on any atom is 0.146 e.